The van der Waals surface area contributed by atoms with E-state index in [9.17, 15) is 23.2 Å². The summed E-state index contributed by atoms with van der Waals surface area (Å²) in [6, 6.07) is 9.83. The van der Waals surface area contributed by atoms with Gasteiger partial charge in [-0.25, -0.2) is 0 Å². The van der Waals surface area contributed by atoms with E-state index >= 15 is 0 Å². The van der Waals surface area contributed by atoms with E-state index in [1.165, 1.54) is 6.20 Å². The van der Waals surface area contributed by atoms with Crippen LogP contribution >= 0.6 is 0 Å². The molecule has 0 spiro atoms. The van der Waals surface area contributed by atoms with Gasteiger partial charge in [0, 0.05) is 6.20 Å². The van der Waals surface area contributed by atoms with Gasteiger partial charge in [-0.3, -0.25) is 9.54 Å². The number of rotatable bonds is 5. The van der Waals surface area contributed by atoms with Gasteiger partial charge in [0.2, 0.25) is 11.7 Å². The number of benzene rings is 1. The topological polar surface area (TPSA) is 135 Å². The van der Waals surface area contributed by atoms with E-state index in [-0.39, 0.29) is 5.75 Å². The van der Waals surface area contributed by atoms with Crippen molar-refractivity contribution in [1.82, 2.24) is 4.98 Å². The number of aryl methyl sites for hydroxylation is 1. The normalized spacial score (nSPS) is 28.5. The minimum atomic E-state index is -4.82. The predicted octanol–water partition coefficient (Wildman–Crippen LogP) is 0.508. The summed E-state index contributed by atoms with van der Waals surface area (Å²) in [7, 11) is -4.82. The molecule has 27 heavy (non-hydrogen) atoms. The smallest absolute Gasteiger partial charge is 0.295 e. The van der Waals surface area contributed by atoms with Crippen LogP contribution in [0.25, 0.3) is 0 Å². The molecule has 9 nitrogen and oxygen atoms in total. The number of aliphatic hydroxyl groups excluding tert-OH is 2. The summed E-state index contributed by atoms with van der Waals surface area (Å²) in [5.74, 6) is 0.496. The highest BCUT2D eigenvalue weighted by Crippen LogP contribution is 2.29. The highest BCUT2D eigenvalue weighted by atomic mass is 32.2. The quantitative estimate of drug-likeness (QED) is 0.617. The Balaban J connectivity index is 1.89. The first-order chi connectivity index (χ1) is 12.8. The van der Waals surface area contributed by atoms with Crippen LogP contribution in [0.15, 0.2) is 48.8 Å². The average Bonchev–Trinajstić information content (AvgIpc) is 2.61. The van der Waals surface area contributed by atoms with Crippen LogP contribution in [0.2, 0.25) is 0 Å². The zero-order valence-electron chi connectivity index (χ0n) is 14.2. The second kappa shape index (κ2) is 7.79. The molecule has 0 amide bonds. The van der Waals surface area contributed by atoms with Crippen LogP contribution < -0.4 is 9.47 Å². The zero-order chi connectivity index (χ0) is 19.6. The van der Waals surface area contributed by atoms with Crippen LogP contribution in [0.4, 0.5) is 0 Å². The lowest BCUT2D eigenvalue weighted by Crippen LogP contribution is -2.62. The average molecular weight is 397 g/mol. The molecule has 1 aliphatic heterocycles. The van der Waals surface area contributed by atoms with Crippen LogP contribution in [-0.4, -0.2) is 58.2 Å². The van der Waals surface area contributed by atoms with Gasteiger partial charge in [-0.05, 0) is 30.7 Å². The monoisotopic (exact) mass is 397 g/mol. The summed E-state index contributed by atoms with van der Waals surface area (Å²) in [6.45, 7) is 1.76. The van der Waals surface area contributed by atoms with Crippen molar-refractivity contribution < 1.29 is 37.4 Å². The molecular formula is C17H19NO8S. The first-order valence-corrected chi connectivity index (χ1v) is 9.54. The lowest BCUT2D eigenvalue weighted by molar-refractivity contribution is -0.248. The van der Waals surface area contributed by atoms with E-state index < -0.39 is 40.2 Å². The van der Waals surface area contributed by atoms with Crippen molar-refractivity contribution in [3.63, 3.8) is 0 Å². The van der Waals surface area contributed by atoms with Crippen LogP contribution in [-0.2, 0) is 14.9 Å². The Kier molecular flexibility index (Phi) is 5.63. The molecule has 3 N–H and O–H groups in total. The molecule has 0 radical (unpaired) electrons. The molecule has 10 heteroatoms. The van der Waals surface area contributed by atoms with Crippen molar-refractivity contribution in [2.75, 3.05) is 0 Å². The summed E-state index contributed by atoms with van der Waals surface area (Å²) < 4.78 is 48.8. The largest absolute Gasteiger partial charge is 0.483 e. The van der Waals surface area contributed by atoms with Crippen LogP contribution in [0.3, 0.4) is 0 Å². The van der Waals surface area contributed by atoms with Crippen LogP contribution in [0.5, 0.6) is 11.5 Å². The van der Waals surface area contributed by atoms with E-state index in [0.717, 1.165) is 5.56 Å². The summed E-state index contributed by atoms with van der Waals surface area (Å²) in [6.07, 6.45) is -3.47. The maximum absolute atomic E-state index is 11.6. The van der Waals surface area contributed by atoms with Gasteiger partial charge in [0.15, 0.2) is 12.2 Å². The Hall–Kier alpha value is -2.24. The molecule has 0 bridgehead atoms. The predicted molar refractivity (Wildman–Crippen MR) is 92.7 cm³/mol. The summed E-state index contributed by atoms with van der Waals surface area (Å²) >= 11 is 0. The SMILES string of the molecule is Cc1cncc(O[C@@H]2[C@@H](O)[C@H](Oc3ccccc3)OC(S(=O)(=O)O)[C@H]2O)c1. The Morgan fingerprint density at radius 1 is 1.04 bits per heavy atom. The molecule has 2 aromatic rings. The van der Waals surface area contributed by atoms with Gasteiger partial charge in [-0.15, -0.1) is 0 Å². The van der Waals surface area contributed by atoms with Crippen molar-refractivity contribution >= 4 is 10.1 Å². The highest BCUT2D eigenvalue weighted by molar-refractivity contribution is 7.86. The first kappa shape index (κ1) is 19.5. The number of aliphatic hydroxyl groups is 2. The highest BCUT2D eigenvalue weighted by Gasteiger charge is 2.52. The second-order valence-electron chi connectivity index (χ2n) is 6.08. The second-order valence-corrected chi connectivity index (χ2v) is 7.57. The Bertz CT molecular complexity index is 876. The fourth-order valence-electron chi connectivity index (χ4n) is 2.67. The van der Waals surface area contributed by atoms with Gasteiger partial charge in [-0.1, -0.05) is 18.2 Å². The minimum absolute atomic E-state index is 0.201. The van der Waals surface area contributed by atoms with Gasteiger partial charge in [-0.2, -0.15) is 8.42 Å². The third-order valence-electron chi connectivity index (χ3n) is 3.91. The van der Waals surface area contributed by atoms with Crippen molar-refractivity contribution in [3.8, 4) is 11.5 Å². The molecule has 1 fully saturated rings. The van der Waals surface area contributed by atoms with E-state index in [1.807, 2.05) is 0 Å². The number of hydrogen-bond donors (Lipinski definition) is 3. The third kappa shape index (κ3) is 4.54. The van der Waals surface area contributed by atoms with Gasteiger partial charge in [0.05, 0.1) is 6.20 Å². The number of aromatic nitrogens is 1. The van der Waals surface area contributed by atoms with Crippen LogP contribution in [0, 0.1) is 6.92 Å². The van der Waals surface area contributed by atoms with Crippen molar-refractivity contribution in [2.24, 2.45) is 0 Å². The number of ether oxygens (including phenoxy) is 3. The molecule has 0 saturated carbocycles. The molecule has 146 valence electrons. The number of nitrogens with zero attached hydrogens (tertiary/aromatic N) is 1. The molecule has 1 aromatic heterocycles. The molecule has 5 atom stereocenters. The van der Waals surface area contributed by atoms with Crippen molar-refractivity contribution in [2.45, 2.75) is 37.0 Å². The number of pyridine rings is 1. The van der Waals surface area contributed by atoms with Gasteiger partial charge in [0.1, 0.15) is 17.6 Å². The maximum Gasteiger partial charge on any atom is 0.295 e. The summed E-state index contributed by atoms with van der Waals surface area (Å²) in [5, 5.41) is 20.9. The third-order valence-corrected chi connectivity index (χ3v) is 4.89. The van der Waals surface area contributed by atoms with Gasteiger partial charge >= 0.3 is 0 Å². The van der Waals surface area contributed by atoms with E-state index in [0.29, 0.717) is 5.75 Å². The minimum Gasteiger partial charge on any atom is -0.483 e. The van der Waals surface area contributed by atoms with Gasteiger partial charge < -0.3 is 24.4 Å². The van der Waals surface area contributed by atoms with Crippen molar-refractivity contribution in [1.29, 1.82) is 0 Å². The molecule has 2 heterocycles. The molecule has 0 aliphatic carbocycles. The molecule has 1 aromatic carbocycles. The van der Waals surface area contributed by atoms with Crippen molar-refractivity contribution in [3.05, 3.63) is 54.4 Å². The Labute approximate surface area is 155 Å². The molecule has 1 aliphatic rings. The fraction of sp³-hybridized carbons (Fsp3) is 0.353. The van der Waals surface area contributed by atoms with Crippen LogP contribution in [0.1, 0.15) is 5.56 Å². The van der Waals surface area contributed by atoms with E-state index in [4.69, 9.17) is 14.2 Å². The first-order valence-electron chi connectivity index (χ1n) is 8.03. The Morgan fingerprint density at radius 2 is 1.74 bits per heavy atom. The summed E-state index contributed by atoms with van der Waals surface area (Å²) in [4.78, 5) is 3.94. The maximum atomic E-state index is 11.6. The Morgan fingerprint density at radius 3 is 2.37 bits per heavy atom. The number of hydrogen-bond acceptors (Lipinski definition) is 8. The van der Waals surface area contributed by atoms with E-state index in [2.05, 4.69) is 4.98 Å². The molecule has 3 rings (SSSR count). The van der Waals surface area contributed by atoms with Gasteiger partial charge in [0.25, 0.3) is 10.1 Å². The lowest BCUT2D eigenvalue weighted by atomic mass is 10.0. The molecule has 1 unspecified atom stereocenters. The summed E-state index contributed by atoms with van der Waals surface area (Å²) in [5.41, 5.74) is -1.30. The molecular weight excluding hydrogens is 378 g/mol. The fourth-order valence-corrected chi connectivity index (χ4v) is 3.43. The standard InChI is InChI=1S/C17H19NO8S/c1-10-7-12(9-18-8-10)24-15-13(19)16(25-11-5-3-2-4-6-11)26-17(14(15)20)27(21,22)23/h2-9,13-17,19-20H,1H3,(H,21,22,23)/t13-,14+,15-,16-,17?/m1/s1. The number of para-hydroxylation sites is 1. The zero-order valence-corrected chi connectivity index (χ0v) is 15.1. The lowest BCUT2D eigenvalue weighted by Gasteiger charge is -2.40. The van der Waals surface area contributed by atoms with E-state index in [1.54, 1.807) is 49.5 Å². The molecule has 1 saturated heterocycles.